The highest BCUT2D eigenvalue weighted by molar-refractivity contribution is 6.31. The van der Waals surface area contributed by atoms with Gasteiger partial charge in [-0.25, -0.2) is 4.39 Å². The number of halogens is 2. The number of nitrogens with zero attached hydrogens (tertiary/aromatic N) is 1. The predicted octanol–water partition coefficient (Wildman–Crippen LogP) is 3.21. The smallest absolute Gasteiger partial charge is 0.307 e. The van der Waals surface area contributed by atoms with E-state index in [4.69, 9.17) is 16.7 Å². The van der Waals surface area contributed by atoms with Crippen LogP contribution >= 0.6 is 11.6 Å². The Kier molecular flexibility index (Phi) is 5.00. The van der Waals surface area contributed by atoms with Crippen molar-refractivity contribution in [2.75, 3.05) is 13.1 Å². The topological polar surface area (TPSA) is 40.5 Å². The summed E-state index contributed by atoms with van der Waals surface area (Å²) in [6.45, 7) is 3.44. The van der Waals surface area contributed by atoms with Gasteiger partial charge in [0.2, 0.25) is 0 Å². The molecule has 0 saturated carbocycles. The monoisotopic (exact) mass is 299 g/mol. The lowest BCUT2D eigenvalue weighted by Crippen LogP contribution is -2.44. The normalized spacial score (nSPS) is 23.8. The van der Waals surface area contributed by atoms with Gasteiger partial charge in [-0.15, -0.1) is 0 Å². The van der Waals surface area contributed by atoms with Gasteiger partial charge < -0.3 is 5.11 Å². The van der Waals surface area contributed by atoms with Crippen LogP contribution in [-0.4, -0.2) is 35.1 Å². The number of aliphatic carboxylic acids is 1. The average Bonchev–Trinajstić information content (AvgIpc) is 2.39. The van der Waals surface area contributed by atoms with Gasteiger partial charge in [0.15, 0.2) is 0 Å². The molecule has 1 aromatic rings. The van der Waals surface area contributed by atoms with Crippen molar-refractivity contribution in [3.63, 3.8) is 0 Å². The zero-order valence-electron chi connectivity index (χ0n) is 11.5. The molecule has 0 unspecified atom stereocenters. The number of likely N-dealkylation sites (tertiary alicyclic amines) is 1. The molecule has 3 nitrogen and oxygen atoms in total. The largest absolute Gasteiger partial charge is 0.481 e. The molecular weight excluding hydrogens is 281 g/mol. The van der Waals surface area contributed by atoms with Crippen molar-refractivity contribution in [3.05, 3.63) is 34.6 Å². The van der Waals surface area contributed by atoms with Crippen LogP contribution in [0.3, 0.4) is 0 Å². The molecule has 1 fully saturated rings. The standard InChI is InChI=1S/C15H19ClFNO2/c1-10-2-3-12(15(19)20)9-18(10)7-6-11-4-5-13(17)8-14(11)16/h4-5,8,10,12H,2-3,6-7,9H2,1H3,(H,19,20)/t10-,12+/m0/s1. The van der Waals surface area contributed by atoms with Crippen LogP contribution in [0.2, 0.25) is 5.02 Å². The fourth-order valence-corrected chi connectivity index (χ4v) is 2.94. The van der Waals surface area contributed by atoms with E-state index >= 15 is 0 Å². The summed E-state index contributed by atoms with van der Waals surface area (Å²) in [4.78, 5) is 13.3. The first-order valence-corrected chi connectivity index (χ1v) is 7.26. The van der Waals surface area contributed by atoms with Gasteiger partial charge in [-0.2, -0.15) is 0 Å². The molecule has 0 bridgehead atoms. The average molecular weight is 300 g/mol. The first kappa shape index (κ1) is 15.3. The summed E-state index contributed by atoms with van der Waals surface area (Å²) in [6, 6.07) is 4.79. The third-order valence-electron chi connectivity index (χ3n) is 4.04. The van der Waals surface area contributed by atoms with E-state index in [0.717, 1.165) is 24.9 Å². The van der Waals surface area contributed by atoms with Gasteiger partial charge in [-0.1, -0.05) is 17.7 Å². The van der Waals surface area contributed by atoms with E-state index in [1.165, 1.54) is 12.1 Å². The molecule has 1 N–H and O–H groups in total. The van der Waals surface area contributed by atoms with Gasteiger partial charge in [0.05, 0.1) is 5.92 Å². The molecule has 0 spiro atoms. The first-order chi connectivity index (χ1) is 9.47. The van der Waals surface area contributed by atoms with Gasteiger partial charge in [-0.05, 0) is 43.9 Å². The maximum atomic E-state index is 13.0. The van der Waals surface area contributed by atoms with Crippen LogP contribution in [0.4, 0.5) is 4.39 Å². The number of hydrogen-bond acceptors (Lipinski definition) is 2. The fraction of sp³-hybridized carbons (Fsp3) is 0.533. The van der Waals surface area contributed by atoms with Crippen LogP contribution in [0, 0.1) is 11.7 Å². The molecule has 0 amide bonds. The summed E-state index contributed by atoms with van der Waals surface area (Å²) in [6.07, 6.45) is 2.34. The van der Waals surface area contributed by atoms with Gasteiger partial charge in [0.1, 0.15) is 5.82 Å². The number of carbonyl (C=O) groups is 1. The molecule has 1 heterocycles. The van der Waals surface area contributed by atoms with E-state index in [9.17, 15) is 9.18 Å². The molecule has 0 radical (unpaired) electrons. The zero-order valence-corrected chi connectivity index (χ0v) is 12.2. The quantitative estimate of drug-likeness (QED) is 0.928. The molecule has 5 heteroatoms. The van der Waals surface area contributed by atoms with Gasteiger partial charge >= 0.3 is 5.97 Å². The van der Waals surface area contributed by atoms with Crippen molar-refractivity contribution in [2.45, 2.75) is 32.2 Å². The second kappa shape index (κ2) is 6.55. The van der Waals surface area contributed by atoms with Crippen molar-refractivity contribution >= 4 is 17.6 Å². The summed E-state index contributed by atoms with van der Waals surface area (Å²) in [7, 11) is 0. The number of rotatable bonds is 4. The van der Waals surface area contributed by atoms with Gasteiger partial charge in [-0.3, -0.25) is 9.69 Å². The highest BCUT2D eigenvalue weighted by atomic mass is 35.5. The Morgan fingerprint density at radius 3 is 2.90 bits per heavy atom. The number of carboxylic acids is 1. The van der Waals surface area contributed by atoms with Crippen LogP contribution < -0.4 is 0 Å². The molecule has 0 aromatic heterocycles. The van der Waals surface area contributed by atoms with E-state index in [-0.39, 0.29) is 11.7 Å². The lowest BCUT2D eigenvalue weighted by molar-refractivity contribution is -0.144. The first-order valence-electron chi connectivity index (χ1n) is 6.88. The Balaban J connectivity index is 1.96. The second-order valence-corrected chi connectivity index (χ2v) is 5.85. The van der Waals surface area contributed by atoms with Crippen molar-refractivity contribution < 1.29 is 14.3 Å². The van der Waals surface area contributed by atoms with Crippen molar-refractivity contribution in [3.8, 4) is 0 Å². The van der Waals surface area contributed by atoms with Gasteiger partial charge in [0, 0.05) is 24.2 Å². The third kappa shape index (κ3) is 3.70. The van der Waals surface area contributed by atoms with Crippen LogP contribution in [0.1, 0.15) is 25.3 Å². The lowest BCUT2D eigenvalue weighted by Gasteiger charge is -2.36. The Morgan fingerprint density at radius 2 is 2.25 bits per heavy atom. The second-order valence-electron chi connectivity index (χ2n) is 5.44. The lowest BCUT2D eigenvalue weighted by atomic mass is 9.93. The van der Waals surface area contributed by atoms with E-state index in [2.05, 4.69) is 11.8 Å². The molecule has 1 aliphatic rings. The van der Waals surface area contributed by atoms with E-state index in [1.807, 2.05) is 0 Å². The minimum absolute atomic E-state index is 0.283. The Bertz CT molecular complexity index is 495. The van der Waals surface area contributed by atoms with Crippen LogP contribution in [-0.2, 0) is 11.2 Å². The summed E-state index contributed by atoms with van der Waals surface area (Å²) in [5.74, 6) is -1.34. The summed E-state index contributed by atoms with van der Waals surface area (Å²) in [5, 5.41) is 9.55. The van der Waals surface area contributed by atoms with Gasteiger partial charge in [0.25, 0.3) is 0 Å². The van der Waals surface area contributed by atoms with E-state index < -0.39 is 5.97 Å². The van der Waals surface area contributed by atoms with Crippen molar-refractivity contribution in [2.24, 2.45) is 5.92 Å². The molecule has 0 aliphatic carbocycles. The number of piperidine rings is 1. The zero-order chi connectivity index (χ0) is 14.7. The summed E-state index contributed by atoms with van der Waals surface area (Å²) in [5.41, 5.74) is 0.901. The van der Waals surface area contributed by atoms with Crippen LogP contribution in [0.15, 0.2) is 18.2 Å². The Hall–Kier alpha value is -1.13. The summed E-state index contributed by atoms with van der Waals surface area (Å²) >= 11 is 6.01. The van der Waals surface area contributed by atoms with E-state index in [0.29, 0.717) is 24.0 Å². The van der Waals surface area contributed by atoms with Crippen molar-refractivity contribution in [1.82, 2.24) is 4.90 Å². The molecule has 1 aliphatic heterocycles. The van der Waals surface area contributed by atoms with Crippen LogP contribution in [0.25, 0.3) is 0 Å². The number of hydrogen-bond donors (Lipinski definition) is 1. The SMILES string of the molecule is C[C@H]1CC[C@@H](C(=O)O)CN1CCc1ccc(F)cc1Cl. The molecule has 2 atom stereocenters. The summed E-state index contributed by atoms with van der Waals surface area (Å²) < 4.78 is 13.0. The van der Waals surface area contributed by atoms with E-state index in [1.54, 1.807) is 6.07 Å². The fourth-order valence-electron chi connectivity index (χ4n) is 2.68. The molecule has 20 heavy (non-hydrogen) atoms. The molecule has 1 saturated heterocycles. The van der Waals surface area contributed by atoms with Crippen molar-refractivity contribution in [1.29, 1.82) is 0 Å². The molecule has 110 valence electrons. The molecule has 1 aromatic carbocycles. The highest BCUT2D eigenvalue weighted by Crippen LogP contribution is 2.24. The third-order valence-corrected chi connectivity index (χ3v) is 4.40. The Morgan fingerprint density at radius 1 is 1.50 bits per heavy atom. The molecular formula is C15H19ClFNO2. The highest BCUT2D eigenvalue weighted by Gasteiger charge is 2.29. The maximum Gasteiger partial charge on any atom is 0.307 e. The Labute approximate surface area is 123 Å². The number of carboxylic acid groups (broad SMARTS) is 1. The minimum atomic E-state index is -0.721. The minimum Gasteiger partial charge on any atom is -0.481 e. The maximum absolute atomic E-state index is 13.0. The predicted molar refractivity (Wildman–Crippen MR) is 76.5 cm³/mol. The van der Waals surface area contributed by atoms with Crippen LogP contribution in [0.5, 0.6) is 0 Å². The molecule has 2 rings (SSSR count). The number of benzene rings is 1.